The number of aryl methyl sites for hydroxylation is 1. The van der Waals surface area contributed by atoms with Crippen LogP contribution in [0.5, 0.6) is 0 Å². The molecule has 146 valence electrons. The van der Waals surface area contributed by atoms with Crippen molar-refractivity contribution in [3.05, 3.63) is 34.5 Å². The van der Waals surface area contributed by atoms with Crippen LogP contribution in [0.2, 0.25) is 5.02 Å². The molecule has 0 saturated carbocycles. The first-order chi connectivity index (χ1) is 13.0. The molecule has 0 spiro atoms. The van der Waals surface area contributed by atoms with Gasteiger partial charge in [-0.3, -0.25) is 9.78 Å². The third-order valence-electron chi connectivity index (χ3n) is 4.61. The number of aromatic nitrogens is 1. The molecule has 0 unspecified atom stereocenters. The molecule has 27 heavy (non-hydrogen) atoms. The normalized spacial score (nSPS) is 13.8. The van der Waals surface area contributed by atoms with Crippen molar-refractivity contribution >= 4 is 40.2 Å². The van der Waals surface area contributed by atoms with Crippen LogP contribution in [0.1, 0.15) is 44.4 Å². The Morgan fingerprint density at radius 2 is 2.15 bits per heavy atom. The van der Waals surface area contributed by atoms with Crippen molar-refractivity contribution in [1.29, 1.82) is 0 Å². The van der Waals surface area contributed by atoms with Crippen LogP contribution in [-0.2, 0) is 22.4 Å². The second-order valence-corrected chi connectivity index (χ2v) is 8.57. The number of halogens is 1. The van der Waals surface area contributed by atoms with E-state index in [1.165, 1.54) is 29.0 Å². The van der Waals surface area contributed by atoms with Gasteiger partial charge in [-0.1, -0.05) is 11.6 Å². The number of pyridine rings is 1. The van der Waals surface area contributed by atoms with Gasteiger partial charge in [-0.2, -0.15) is 0 Å². The Labute approximate surface area is 170 Å². The number of hydrogen-bond acceptors (Lipinski definition) is 4. The molecule has 2 aromatic rings. The highest BCUT2D eigenvalue weighted by atomic mass is 35.5. The minimum Gasteiger partial charge on any atom is -0.379 e. The highest BCUT2D eigenvalue weighted by Gasteiger charge is 2.19. The molecule has 1 aliphatic carbocycles. The van der Waals surface area contributed by atoms with Crippen LogP contribution < -0.4 is 5.32 Å². The number of rotatable bonds is 8. The summed E-state index contributed by atoms with van der Waals surface area (Å²) in [6.07, 6.45) is 5.47. The number of ether oxygens (including phenoxy) is 1. The van der Waals surface area contributed by atoms with Gasteiger partial charge in [0, 0.05) is 34.1 Å². The Morgan fingerprint density at radius 3 is 2.96 bits per heavy atom. The fourth-order valence-electron chi connectivity index (χ4n) is 3.33. The van der Waals surface area contributed by atoms with Crippen molar-refractivity contribution in [2.45, 2.75) is 57.0 Å². The molecule has 1 aliphatic rings. The van der Waals surface area contributed by atoms with Gasteiger partial charge in [0.2, 0.25) is 5.91 Å². The van der Waals surface area contributed by atoms with Gasteiger partial charge < -0.3 is 10.1 Å². The second kappa shape index (κ2) is 9.76. The van der Waals surface area contributed by atoms with Crippen molar-refractivity contribution in [2.75, 3.05) is 18.9 Å². The van der Waals surface area contributed by atoms with Crippen molar-refractivity contribution in [3.8, 4) is 0 Å². The maximum Gasteiger partial charge on any atom is 0.230 e. The number of nitrogens with one attached hydrogen (secondary N) is 1. The SMILES string of the molecule is CC(C)OCCCNC(=O)CSc1c2c(nc3ccc(Cl)cc13)CCCC2. The number of carbonyl (C=O) groups is 1. The molecule has 0 bridgehead atoms. The number of fused-ring (bicyclic) bond motifs is 2. The van der Waals surface area contributed by atoms with Gasteiger partial charge in [0.1, 0.15) is 0 Å². The Morgan fingerprint density at radius 1 is 1.33 bits per heavy atom. The molecule has 0 saturated heterocycles. The van der Waals surface area contributed by atoms with Crippen molar-refractivity contribution in [3.63, 3.8) is 0 Å². The number of benzene rings is 1. The summed E-state index contributed by atoms with van der Waals surface area (Å²) in [6, 6.07) is 5.83. The predicted octanol–water partition coefficient (Wildman–Crippen LogP) is 4.79. The second-order valence-electron chi connectivity index (χ2n) is 7.15. The Bertz CT molecular complexity index is 810. The van der Waals surface area contributed by atoms with Gasteiger partial charge in [-0.05, 0) is 69.7 Å². The van der Waals surface area contributed by atoms with Gasteiger partial charge in [0.15, 0.2) is 0 Å². The van der Waals surface area contributed by atoms with E-state index in [0.717, 1.165) is 30.2 Å². The Hall–Kier alpha value is -1.30. The molecule has 0 aliphatic heterocycles. The number of carbonyl (C=O) groups excluding carboxylic acids is 1. The van der Waals surface area contributed by atoms with Crippen LogP contribution >= 0.6 is 23.4 Å². The molecule has 6 heteroatoms. The molecular formula is C21H27ClN2O2S. The smallest absolute Gasteiger partial charge is 0.230 e. The van der Waals surface area contributed by atoms with Gasteiger partial charge in [0.25, 0.3) is 0 Å². The summed E-state index contributed by atoms with van der Waals surface area (Å²) in [4.78, 5) is 18.3. The first kappa shape index (κ1) is 20.4. The number of thioether (sulfide) groups is 1. The molecular weight excluding hydrogens is 380 g/mol. The summed E-state index contributed by atoms with van der Waals surface area (Å²) in [7, 11) is 0. The molecule has 0 radical (unpaired) electrons. The van der Waals surface area contributed by atoms with E-state index in [4.69, 9.17) is 21.3 Å². The van der Waals surface area contributed by atoms with E-state index >= 15 is 0 Å². The standard InChI is InChI=1S/C21H27ClN2O2S/c1-14(2)26-11-5-10-23-20(25)13-27-21-16-6-3-4-7-18(16)24-19-9-8-15(22)12-17(19)21/h8-9,12,14H,3-7,10-11,13H2,1-2H3,(H,23,25). The van der Waals surface area contributed by atoms with Crippen molar-refractivity contribution in [1.82, 2.24) is 10.3 Å². The van der Waals surface area contributed by atoms with Crippen LogP contribution in [0.4, 0.5) is 0 Å². The van der Waals surface area contributed by atoms with E-state index in [-0.39, 0.29) is 12.0 Å². The highest BCUT2D eigenvalue weighted by molar-refractivity contribution is 8.00. The summed E-state index contributed by atoms with van der Waals surface area (Å²) in [5.41, 5.74) is 3.46. The third kappa shape index (κ3) is 5.59. The summed E-state index contributed by atoms with van der Waals surface area (Å²) < 4.78 is 5.50. The average Bonchev–Trinajstić information content (AvgIpc) is 2.65. The molecule has 0 atom stereocenters. The van der Waals surface area contributed by atoms with Crippen LogP contribution in [0.25, 0.3) is 10.9 Å². The minimum atomic E-state index is 0.0566. The largest absolute Gasteiger partial charge is 0.379 e. The lowest BCUT2D eigenvalue weighted by atomic mass is 9.94. The minimum absolute atomic E-state index is 0.0566. The monoisotopic (exact) mass is 406 g/mol. The molecule has 1 aromatic heterocycles. The van der Waals surface area contributed by atoms with E-state index < -0.39 is 0 Å². The zero-order chi connectivity index (χ0) is 19.2. The number of nitrogens with zero attached hydrogens (tertiary/aromatic N) is 1. The van der Waals surface area contributed by atoms with Gasteiger partial charge in [-0.15, -0.1) is 11.8 Å². The molecule has 1 amide bonds. The van der Waals surface area contributed by atoms with Crippen molar-refractivity contribution < 1.29 is 9.53 Å². The fourth-order valence-corrected chi connectivity index (χ4v) is 4.59. The van der Waals surface area contributed by atoms with E-state index in [1.807, 2.05) is 32.0 Å². The quantitative estimate of drug-likeness (QED) is 0.505. The summed E-state index contributed by atoms with van der Waals surface area (Å²) in [5.74, 6) is 0.462. The molecule has 1 heterocycles. The Kier molecular flexibility index (Phi) is 7.39. The van der Waals surface area contributed by atoms with E-state index in [1.54, 1.807) is 11.8 Å². The fraction of sp³-hybridized carbons (Fsp3) is 0.524. The first-order valence-electron chi connectivity index (χ1n) is 9.66. The van der Waals surface area contributed by atoms with Crippen LogP contribution in [0, 0.1) is 0 Å². The molecule has 4 nitrogen and oxygen atoms in total. The van der Waals surface area contributed by atoms with Gasteiger partial charge >= 0.3 is 0 Å². The third-order valence-corrected chi connectivity index (χ3v) is 6.01. The van der Waals surface area contributed by atoms with Crippen LogP contribution in [0.15, 0.2) is 23.1 Å². The van der Waals surface area contributed by atoms with E-state index in [2.05, 4.69) is 5.32 Å². The molecule has 0 fully saturated rings. The van der Waals surface area contributed by atoms with E-state index in [0.29, 0.717) is 23.9 Å². The first-order valence-corrected chi connectivity index (χ1v) is 11.0. The lowest BCUT2D eigenvalue weighted by Crippen LogP contribution is -2.27. The zero-order valence-electron chi connectivity index (χ0n) is 16.0. The average molecular weight is 407 g/mol. The zero-order valence-corrected chi connectivity index (χ0v) is 17.6. The molecule has 3 rings (SSSR count). The van der Waals surface area contributed by atoms with Gasteiger partial charge in [0.05, 0.1) is 17.4 Å². The van der Waals surface area contributed by atoms with Crippen LogP contribution in [-0.4, -0.2) is 35.9 Å². The van der Waals surface area contributed by atoms with E-state index in [9.17, 15) is 4.79 Å². The lowest BCUT2D eigenvalue weighted by molar-refractivity contribution is -0.118. The maximum atomic E-state index is 12.3. The topological polar surface area (TPSA) is 51.2 Å². The Balaban J connectivity index is 1.67. The summed E-state index contributed by atoms with van der Waals surface area (Å²) in [6.45, 7) is 5.35. The molecule has 1 N–H and O–H groups in total. The maximum absolute atomic E-state index is 12.3. The highest BCUT2D eigenvalue weighted by Crippen LogP contribution is 2.36. The number of hydrogen-bond donors (Lipinski definition) is 1. The number of amides is 1. The predicted molar refractivity (Wildman–Crippen MR) is 113 cm³/mol. The summed E-state index contributed by atoms with van der Waals surface area (Å²) in [5, 5.41) is 4.75. The summed E-state index contributed by atoms with van der Waals surface area (Å²) >= 11 is 7.84. The molecule has 1 aromatic carbocycles. The van der Waals surface area contributed by atoms with Crippen molar-refractivity contribution in [2.24, 2.45) is 0 Å². The lowest BCUT2D eigenvalue weighted by Gasteiger charge is -2.20. The van der Waals surface area contributed by atoms with Gasteiger partial charge in [-0.25, -0.2) is 0 Å². The van der Waals surface area contributed by atoms with Crippen LogP contribution in [0.3, 0.4) is 0 Å².